The topological polar surface area (TPSA) is 99.3 Å². The van der Waals surface area contributed by atoms with E-state index < -0.39 is 10.0 Å². The molecule has 0 spiro atoms. The predicted molar refractivity (Wildman–Crippen MR) is 130 cm³/mol. The minimum absolute atomic E-state index is 0.0516. The van der Waals surface area contributed by atoms with E-state index in [0.29, 0.717) is 37.6 Å². The zero-order valence-electron chi connectivity index (χ0n) is 19.3. The molecule has 1 amide bonds. The van der Waals surface area contributed by atoms with Gasteiger partial charge in [-0.2, -0.15) is 4.31 Å². The van der Waals surface area contributed by atoms with E-state index in [2.05, 4.69) is 15.1 Å². The fourth-order valence-corrected chi connectivity index (χ4v) is 5.53. The SMILES string of the molecule is CC(=O)c1ccc(N2CCN(CC(=O)Nc3ccc(S(=O)(=O)N4CCOCC4)cc3)CC2)cc1. The number of benzene rings is 2. The molecule has 2 fully saturated rings. The first-order valence-electron chi connectivity index (χ1n) is 11.4. The Morgan fingerprint density at radius 2 is 1.50 bits per heavy atom. The summed E-state index contributed by atoms with van der Waals surface area (Å²) in [5, 5.41) is 2.85. The molecule has 9 nitrogen and oxygen atoms in total. The maximum atomic E-state index is 12.7. The van der Waals surface area contributed by atoms with Gasteiger partial charge in [0.05, 0.1) is 24.7 Å². The largest absolute Gasteiger partial charge is 0.379 e. The Kier molecular flexibility index (Phi) is 7.62. The molecule has 1 N–H and O–H groups in total. The number of ether oxygens (including phenoxy) is 1. The van der Waals surface area contributed by atoms with Crippen LogP contribution in [0.3, 0.4) is 0 Å². The summed E-state index contributed by atoms with van der Waals surface area (Å²) in [4.78, 5) is 28.5. The highest BCUT2D eigenvalue weighted by Crippen LogP contribution is 2.20. The normalized spacial score (nSPS) is 18.0. The number of piperazine rings is 1. The monoisotopic (exact) mass is 486 g/mol. The lowest BCUT2D eigenvalue weighted by molar-refractivity contribution is -0.117. The Morgan fingerprint density at radius 3 is 2.09 bits per heavy atom. The molecular formula is C24H30N4O5S. The molecule has 2 aliphatic heterocycles. The molecule has 0 unspecified atom stereocenters. The number of hydrogen-bond acceptors (Lipinski definition) is 7. The summed E-state index contributed by atoms with van der Waals surface area (Å²) >= 11 is 0. The summed E-state index contributed by atoms with van der Waals surface area (Å²) in [6, 6.07) is 13.9. The molecule has 34 heavy (non-hydrogen) atoms. The summed E-state index contributed by atoms with van der Waals surface area (Å²) in [6.07, 6.45) is 0. The Hall–Kier alpha value is -2.79. The van der Waals surface area contributed by atoms with E-state index in [1.807, 2.05) is 24.3 Å². The van der Waals surface area contributed by atoms with Crippen LogP contribution in [0.1, 0.15) is 17.3 Å². The summed E-state index contributed by atoms with van der Waals surface area (Å²) in [6.45, 7) is 6.39. The highest BCUT2D eigenvalue weighted by molar-refractivity contribution is 7.89. The molecule has 0 radical (unpaired) electrons. The van der Waals surface area contributed by atoms with Crippen molar-refractivity contribution in [1.82, 2.24) is 9.21 Å². The third kappa shape index (κ3) is 5.82. The van der Waals surface area contributed by atoms with Gasteiger partial charge in [-0.25, -0.2) is 8.42 Å². The predicted octanol–water partition coefficient (Wildman–Crippen LogP) is 1.67. The van der Waals surface area contributed by atoms with Gasteiger partial charge in [0.25, 0.3) is 0 Å². The van der Waals surface area contributed by atoms with Crippen LogP contribution < -0.4 is 10.2 Å². The van der Waals surface area contributed by atoms with E-state index in [9.17, 15) is 18.0 Å². The van der Waals surface area contributed by atoms with Crippen molar-refractivity contribution in [2.75, 3.05) is 69.2 Å². The number of carbonyl (C=O) groups excluding carboxylic acids is 2. The van der Waals surface area contributed by atoms with Crippen molar-refractivity contribution in [3.05, 3.63) is 54.1 Å². The molecule has 182 valence electrons. The van der Waals surface area contributed by atoms with Crippen molar-refractivity contribution in [2.45, 2.75) is 11.8 Å². The van der Waals surface area contributed by atoms with E-state index in [1.165, 1.54) is 16.4 Å². The molecule has 2 aliphatic rings. The number of nitrogens with one attached hydrogen (secondary N) is 1. The minimum atomic E-state index is -3.55. The number of hydrogen-bond donors (Lipinski definition) is 1. The maximum absolute atomic E-state index is 12.7. The van der Waals surface area contributed by atoms with Crippen LogP contribution in [0.25, 0.3) is 0 Å². The number of ketones is 1. The quantitative estimate of drug-likeness (QED) is 0.595. The van der Waals surface area contributed by atoms with Crippen LogP contribution >= 0.6 is 0 Å². The second-order valence-electron chi connectivity index (χ2n) is 8.46. The van der Waals surface area contributed by atoms with Gasteiger partial charge < -0.3 is 15.0 Å². The van der Waals surface area contributed by atoms with Crippen LogP contribution in [-0.2, 0) is 19.6 Å². The van der Waals surface area contributed by atoms with Crippen LogP contribution in [0.2, 0.25) is 0 Å². The maximum Gasteiger partial charge on any atom is 0.243 e. The molecule has 0 bridgehead atoms. The number of morpholine rings is 1. The van der Waals surface area contributed by atoms with Crippen molar-refractivity contribution in [3.63, 3.8) is 0 Å². The summed E-state index contributed by atoms with van der Waals surface area (Å²) in [5.41, 5.74) is 2.34. The first-order valence-corrected chi connectivity index (χ1v) is 12.8. The fraction of sp³-hybridized carbons (Fsp3) is 0.417. The Morgan fingerprint density at radius 1 is 0.882 bits per heavy atom. The van der Waals surface area contributed by atoms with E-state index in [4.69, 9.17) is 4.74 Å². The van der Waals surface area contributed by atoms with Gasteiger partial charge in [-0.15, -0.1) is 0 Å². The van der Waals surface area contributed by atoms with Crippen molar-refractivity contribution >= 4 is 33.1 Å². The van der Waals surface area contributed by atoms with Crippen LogP contribution in [0.5, 0.6) is 0 Å². The lowest BCUT2D eigenvalue weighted by atomic mass is 10.1. The average molecular weight is 487 g/mol. The van der Waals surface area contributed by atoms with Crippen molar-refractivity contribution in [3.8, 4) is 0 Å². The minimum Gasteiger partial charge on any atom is -0.379 e. The molecule has 10 heteroatoms. The molecule has 0 atom stereocenters. The lowest BCUT2D eigenvalue weighted by Crippen LogP contribution is -2.48. The van der Waals surface area contributed by atoms with E-state index in [1.54, 1.807) is 19.1 Å². The number of Topliss-reactive ketones (excluding diaryl/α,β-unsaturated/α-hetero) is 1. The standard InChI is InChI=1S/C24H30N4O5S/c1-19(29)20-2-6-22(7-3-20)27-12-10-26(11-13-27)18-24(30)25-21-4-8-23(9-5-21)34(31,32)28-14-16-33-17-15-28/h2-9H,10-18H2,1H3,(H,25,30). The molecule has 2 saturated heterocycles. The smallest absolute Gasteiger partial charge is 0.243 e. The average Bonchev–Trinajstić information content (AvgIpc) is 2.85. The zero-order chi connectivity index (χ0) is 24.1. The highest BCUT2D eigenvalue weighted by atomic mass is 32.2. The van der Waals surface area contributed by atoms with Gasteiger partial charge in [0.2, 0.25) is 15.9 Å². The van der Waals surface area contributed by atoms with Gasteiger partial charge in [-0.1, -0.05) is 0 Å². The van der Waals surface area contributed by atoms with Crippen LogP contribution in [0.15, 0.2) is 53.4 Å². The lowest BCUT2D eigenvalue weighted by Gasteiger charge is -2.35. The van der Waals surface area contributed by atoms with Crippen LogP contribution in [0.4, 0.5) is 11.4 Å². The van der Waals surface area contributed by atoms with Crippen molar-refractivity contribution in [1.29, 1.82) is 0 Å². The fourth-order valence-electron chi connectivity index (χ4n) is 4.12. The molecule has 2 heterocycles. The first kappa shape index (κ1) is 24.3. The van der Waals surface area contributed by atoms with Crippen LogP contribution in [-0.4, -0.2) is 88.3 Å². The second-order valence-corrected chi connectivity index (χ2v) is 10.4. The van der Waals surface area contributed by atoms with Crippen molar-refractivity contribution in [2.24, 2.45) is 0 Å². The molecule has 2 aromatic carbocycles. The van der Waals surface area contributed by atoms with Crippen LogP contribution in [0, 0.1) is 0 Å². The van der Waals surface area contributed by atoms with E-state index in [0.717, 1.165) is 31.9 Å². The van der Waals surface area contributed by atoms with E-state index in [-0.39, 0.29) is 23.1 Å². The van der Waals surface area contributed by atoms with Gasteiger partial charge in [0, 0.05) is 56.2 Å². The molecule has 0 aliphatic carbocycles. The van der Waals surface area contributed by atoms with Gasteiger partial charge in [0.15, 0.2) is 5.78 Å². The zero-order valence-corrected chi connectivity index (χ0v) is 20.1. The summed E-state index contributed by atoms with van der Waals surface area (Å²) in [5.74, 6) is -0.0844. The van der Waals surface area contributed by atoms with Gasteiger partial charge in [-0.3, -0.25) is 14.5 Å². The number of rotatable bonds is 7. The summed E-state index contributed by atoms with van der Waals surface area (Å²) in [7, 11) is -3.55. The Balaban J connectivity index is 1.26. The van der Waals surface area contributed by atoms with Gasteiger partial charge >= 0.3 is 0 Å². The number of carbonyl (C=O) groups is 2. The number of sulfonamides is 1. The number of amides is 1. The highest BCUT2D eigenvalue weighted by Gasteiger charge is 2.26. The van der Waals surface area contributed by atoms with E-state index >= 15 is 0 Å². The molecule has 0 aromatic heterocycles. The number of anilines is 2. The third-order valence-corrected chi connectivity index (χ3v) is 8.04. The Labute approximate surface area is 200 Å². The number of nitrogens with zero attached hydrogens (tertiary/aromatic N) is 3. The third-order valence-electron chi connectivity index (χ3n) is 6.12. The molecular weight excluding hydrogens is 456 g/mol. The van der Waals surface area contributed by atoms with Gasteiger partial charge in [0.1, 0.15) is 0 Å². The summed E-state index contributed by atoms with van der Waals surface area (Å²) < 4.78 is 32.1. The molecule has 4 rings (SSSR count). The Bertz CT molecular complexity index is 1110. The first-order chi connectivity index (χ1) is 16.3. The van der Waals surface area contributed by atoms with Crippen molar-refractivity contribution < 1.29 is 22.7 Å². The molecule has 0 saturated carbocycles. The van der Waals surface area contributed by atoms with Gasteiger partial charge in [-0.05, 0) is 55.5 Å². The second kappa shape index (κ2) is 10.6. The molecule has 2 aromatic rings.